The van der Waals surface area contributed by atoms with Gasteiger partial charge >= 0.3 is 0 Å². The number of aromatic amines is 1. The number of nitrogens with one attached hydrogen (secondary N) is 1. The molecule has 1 amide bonds. The van der Waals surface area contributed by atoms with Crippen LogP contribution in [0.1, 0.15) is 17.1 Å². The van der Waals surface area contributed by atoms with E-state index in [2.05, 4.69) is 42.9 Å². The molecule has 5 nitrogen and oxygen atoms in total. The number of para-hydroxylation sites is 2. The van der Waals surface area contributed by atoms with Gasteiger partial charge in [0.1, 0.15) is 5.82 Å². The largest absolute Gasteiger partial charge is 0.342 e. The van der Waals surface area contributed by atoms with Gasteiger partial charge in [-0.05, 0) is 40.2 Å². The highest BCUT2D eigenvalue weighted by Crippen LogP contribution is 2.23. The first-order valence-corrected chi connectivity index (χ1v) is 10.5. The lowest BCUT2D eigenvalue weighted by Gasteiger charge is -2.34. The number of aromatic nitrogens is 2. The second kappa shape index (κ2) is 7.90. The number of aryl methyl sites for hydroxylation is 1. The number of benzene rings is 1. The van der Waals surface area contributed by atoms with Gasteiger partial charge in [0, 0.05) is 50.4 Å². The van der Waals surface area contributed by atoms with E-state index in [0.717, 1.165) is 49.6 Å². The molecule has 0 radical (unpaired) electrons. The molecule has 136 valence electrons. The number of nitrogens with zero attached hydrogens (tertiary/aromatic N) is 3. The van der Waals surface area contributed by atoms with Crippen LogP contribution in [-0.2, 0) is 17.8 Å². The van der Waals surface area contributed by atoms with Crippen molar-refractivity contribution in [2.45, 2.75) is 19.4 Å². The predicted octanol–water partition coefficient (Wildman–Crippen LogP) is 3.66. The van der Waals surface area contributed by atoms with Crippen molar-refractivity contribution in [1.82, 2.24) is 19.8 Å². The smallest absolute Gasteiger partial charge is 0.223 e. The van der Waals surface area contributed by atoms with Crippen LogP contribution in [0.2, 0.25) is 0 Å². The molecule has 26 heavy (non-hydrogen) atoms. The summed E-state index contributed by atoms with van der Waals surface area (Å²) in [5.74, 6) is 1.12. The first-order chi connectivity index (χ1) is 12.7. The number of hydrogen-bond donors (Lipinski definition) is 1. The van der Waals surface area contributed by atoms with E-state index >= 15 is 0 Å². The van der Waals surface area contributed by atoms with E-state index in [4.69, 9.17) is 0 Å². The van der Waals surface area contributed by atoms with Crippen LogP contribution in [0.3, 0.4) is 0 Å². The normalized spacial score (nSPS) is 15.7. The number of thiophene rings is 1. The quantitative estimate of drug-likeness (QED) is 0.668. The van der Waals surface area contributed by atoms with E-state index in [1.54, 1.807) is 11.3 Å². The molecule has 1 aliphatic heterocycles. The summed E-state index contributed by atoms with van der Waals surface area (Å²) in [4.78, 5) is 26.1. The number of imidazole rings is 1. The van der Waals surface area contributed by atoms with Gasteiger partial charge in [-0.25, -0.2) is 4.98 Å². The Bertz CT molecular complexity index is 865. The zero-order valence-electron chi connectivity index (χ0n) is 14.4. The number of piperazine rings is 1. The molecule has 0 atom stereocenters. The van der Waals surface area contributed by atoms with Gasteiger partial charge in [0.05, 0.1) is 14.8 Å². The van der Waals surface area contributed by atoms with Gasteiger partial charge in [0.2, 0.25) is 5.91 Å². The molecular formula is C19H21BrN4OS. The van der Waals surface area contributed by atoms with E-state index in [1.807, 2.05) is 29.2 Å². The van der Waals surface area contributed by atoms with Crippen molar-refractivity contribution in [3.8, 4) is 0 Å². The number of amides is 1. The summed E-state index contributed by atoms with van der Waals surface area (Å²) < 4.78 is 1.17. The highest BCUT2D eigenvalue weighted by molar-refractivity contribution is 9.11. The third kappa shape index (κ3) is 4.16. The topological polar surface area (TPSA) is 52.2 Å². The minimum absolute atomic E-state index is 0.226. The van der Waals surface area contributed by atoms with Crippen LogP contribution in [-0.4, -0.2) is 51.9 Å². The second-order valence-electron chi connectivity index (χ2n) is 6.56. The summed E-state index contributed by atoms with van der Waals surface area (Å²) in [6.07, 6.45) is 1.18. The number of rotatable bonds is 5. The molecule has 1 aromatic carbocycles. The lowest BCUT2D eigenvalue weighted by atomic mass is 10.2. The van der Waals surface area contributed by atoms with Gasteiger partial charge in [-0.2, -0.15) is 0 Å². The molecular weight excluding hydrogens is 412 g/mol. The summed E-state index contributed by atoms with van der Waals surface area (Å²) in [7, 11) is 0. The molecule has 3 aromatic rings. The first-order valence-electron chi connectivity index (χ1n) is 8.85. The number of H-pyrrole nitrogens is 1. The lowest BCUT2D eigenvalue weighted by molar-refractivity contribution is -0.133. The Labute approximate surface area is 165 Å². The number of fused-ring (bicyclic) bond motifs is 1. The van der Waals surface area contributed by atoms with Crippen LogP contribution >= 0.6 is 27.3 Å². The molecule has 1 aliphatic rings. The highest BCUT2D eigenvalue weighted by atomic mass is 79.9. The van der Waals surface area contributed by atoms with Gasteiger partial charge in [0.15, 0.2) is 0 Å². The van der Waals surface area contributed by atoms with Crippen molar-refractivity contribution in [1.29, 1.82) is 0 Å². The number of carbonyl (C=O) groups excluding carboxylic acids is 1. The van der Waals surface area contributed by atoms with Crippen LogP contribution in [0, 0.1) is 0 Å². The molecule has 0 unspecified atom stereocenters. The van der Waals surface area contributed by atoms with Gasteiger partial charge in [-0.15, -0.1) is 11.3 Å². The second-order valence-corrected chi connectivity index (χ2v) is 9.11. The molecule has 2 aromatic heterocycles. The maximum atomic E-state index is 12.5. The molecule has 1 N–H and O–H groups in total. The average molecular weight is 433 g/mol. The Morgan fingerprint density at radius 1 is 1.15 bits per heavy atom. The monoisotopic (exact) mass is 432 g/mol. The zero-order chi connectivity index (χ0) is 17.9. The lowest BCUT2D eigenvalue weighted by Crippen LogP contribution is -2.48. The van der Waals surface area contributed by atoms with E-state index in [1.165, 1.54) is 8.66 Å². The minimum atomic E-state index is 0.226. The fourth-order valence-corrected chi connectivity index (χ4v) is 4.85. The minimum Gasteiger partial charge on any atom is -0.342 e. The summed E-state index contributed by atoms with van der Waals surface area (Å²) in [5.41, 5.74) is 1.99. The number of hydrogen-bond acceptors (Lipinski definition) is 4. The van der Waals surface area contributed by atoms with Gasteiger partial charge < -0.3 is 9.88 Å². The maximum absolute atomic E-state index is 12.5. The van der Waals surface area contributed by atoms with Gasteiger partial charge in [-0.3, -0.25) is 9.69 Å². The Kier molecular flexibility index (Phi) is 5.38. The Balaban J connectivity index is 1.25. The SMILES string of the molecule is O=C(CCc1nc2ccccc2[nH]1)N1CCN(Cc2ccc(Br)s2)CC1. The molecule has 7 heteroatoms. The molecule has 0 spiro atoms. The standard InChI is InChI=1S/C19H21BrN4OS/c20-17-6-5-14(26-17)13-23-9-11-24(12-10-23)19(25)8-7-18-21-15-3-1-2-4-16(15)22-18/h1-6H,7-13H2,(H,21,22). The molecule has 0 bridgehead atoms. The molecule has 3 heterocycles. The summed E-state index contributed by atoms with van der Waals surface area (Å²) in [6.45, 7) is 4.46. The Morgan fingerprint density at radius 2 is 1.96 bits per heavy atom. The van der Waals surface area contributed by atoms with Crippen molar-refractivity contribution in [2.24, 2.45) is 0 Å². The maximum Gasteiger partial charge on any atom is 0.223 e. The van der Waals surface area contributed by atoms with Crippen molar-refractivity contribution >= 4 is 44.2 Å². The van der Waals surface area contributed by atoms with Crippen molar-refractivity contribution in [3.05, 3.63) is 50.9 Å². The zero-order valence-corrected chi connectivity index (χ0v) is 16.9. The molecule has 1 fully saturated rings. The van der Waals surface area contributed by atoms with Crippen LogP contribution < -0.4 is 0 Å². The van der Waals surface area contributed by atoms with Crippen LogP contribution in [0.5, 0.6) is 0 Å². The van der Waals surface area contributed by atoms with E-state index in [0.29, 0.717) is 12.8 Å². The Hall–Kier alpha value is -1.70. The fraction of sp³-hybridized carbons (Fsp3) is 0.368. The molecule has 4 rings (SSSR count). The van der Waals surface area contributed by atoms with Crippen LogP contribution in [0.25, 0.3) is 11.0 Å². The van der Waals surface area contributed by atoms with Crippen molar-refractivity contribution < 1.29 is 4.79 Å². The Morgan fingerprint density at radius 3 is 2.69 bits per heavy atom. The molecule has 0 aliphatic carbocycles. The summed E-state index contributed by atoms with van der Waals surface area (Å²) in [5, 5.41) is 0. The fourth-order valence-electron chi connectivity index (χ4n) is 3.32. The number of carbonyl (C=O) groups is 1. The molecule has 1 saturated heterocycles. The highest BCUT2D eigenvalue weighted by Gasteiger charge is 2.21. The van der Waals surface area contributed by atoms with Gasteiger partial charge in [-0.1, -0.05) is 12.1 Å². The van der Waals surface area contributed by atoms with Crippen LogP contribution in [0.4, 0.5) is 0 Å². The first kappa shape index (κ1) is 17.7. The summed E-state index contributed by atoms with van der Waals surface area (Å²) in [6, 6.07) is 12.2. The van der Waals surface area contributed by atoms with Crippen molar-refractivity contribution in [3.63, 3.8) is 0 Å². The third-order valence-corrected chi connectivity index (χ3v) is 6.36. The molecule has 0 saturated carbocycles. The van der Waals surface area contributed by atoms with Gasteiger partial charge in [0.25, 0.3) is 0 Å². The average Bonchev–Trinajstić information content (AvgIpc) is 3.25. The number of halogens is 1. The summed E-state index contributed by atoms with van der Waals surface area (Å²) >= 11 is 5.29. The third-order valence-electron chi connectivity index (χ3n) is 4.75. The van der Waals surface area contributed by atoms with Crippen LogP contribution in [0.15, 0.2) is 40.2 Å². The van der Waals surface area contributed by atoms with E-state index < -0.39 is 0 Å². The van der Waals surface area contributed by atoms with E-state index in [9.17, 15) is 4.79 Å². The van der Waals surface area contributed by atoms with Crippen molar-refractivity contribution in [2.75, 3.05) is 26.2 Å². The van der Waals surface area contributed by atoms with E-state index in [-0.39, 0.29) is 5.91 Å². The predicted molar refractivity (Wildman–Crippen MR) is 108 cm³/mol.